The van der Waals surface area contributed by atoms with Crippen molar-refractivity contribution in [1.29, 1.82) is 0 Å². The molecule has 0 unspecified atom stereocenters. The molecule has 26 heavy (non-hydrogen) atoms. The lowest BCUT2D eigenvalue weighted by Gasteiger charge is -2.09. The molecule has 2 N–H and O–H groups in total. The maximum atomic E-state index is 12.4. The summed E-state index contributed by atoms with van der Waals surface area (Å²) in [5, 5.41) is 6.44. The summed E-state index contributed by atoms with van der Waals surface area (Å²) in [7, 11) is 1.54. The van der Waals surface area contributed by atoms with E-state index in [0.29, 0.717) is 28.7 Å². The van der Waals surface area contributed by atoms with Crippen molar-refractivity contribution in [3.05, 3.63) is 77.3 Å². The molecule has 0 atom stereocenters. The van der Waals surface area contributed by atoms with Crippen LogP contribution in [-0.4, -0.2) is 23.0 Å². The number of rotatable bonds is 6. The second-order valence-electron chi connectivity index (χ2n) is 5.45. The third-order valence-electron chi connectivity index (χ3n) is 3.62. The van der Waals surface area contributed by atoms with Gasteiger partial charge in [-0.15, -0.1) is 0 Å². The Morgan fingerprint density at radius 2 is 2.04 bits per heavy atom. The molecule has 0 aliphatic heterocycles. The first-order chi connectivity index (χ1) is 12.7. The number of carbonyl (C=O) groups excluding carboxylic acids is 1. The number of hydrogen-bond donors (Lipinski definition) is 2. The summed E-state index contributed by atoms with van der Waals surface area (Å²) in [6, 6.07) is 12.4. The molecule has 0 aliphatic rings. The molecule has 132 valence electrons. The normalized spacial score (nSPS) is 10.2. The van der Waals surface area contributed by atoms with Crippen LogP contribution >= 0.6 is 11.6 Å². The van der Waals surface area contributed by atoms with Gasteiger partial charge in [-0.3, -0.25) is 14.8 Å². The van der Waals surface area contributed by atoms with Gasteiger partial charge in [-0.2, -0.15) is 0 Å². The highest BCUT2D eigenvalue weighted by Gasteiger charge is 2.10. The number of anilines is 2. The Bertz CT molecular complexity index is 903. The van der Waals surface area contributed by atoms with Crippen molar-refractivity contribution in [3.8, 4) is 5.75 Å². The van der Waals surface area contributed by atoms with Crippen molar-refractivity contribution in [2.45, 2.75) is 6.54 Å². The van der Waals surface area contributed by atoms with Gasteiger partial charge in [0.2, 0.25) is 0 Å². The van der Waals surface area contributed by atoms with Crippen LogP contribution in [-0.2, 0) is 6.54 Å². The summed E-state index contributed by atoms with van der Waals surface area (Å²) in [6.45, 7) is 0.604. The number of pyridine rings is 2. The van der Waals surface area contributed by atoms with Gasteiger partial charge in [0.05, 0.1) is 12.1 Å². The average Bonchev–Trinajstić information content (AvgIpc) is 2.67. The number of carbonyl (C=O) groups is 1. The van der Waals surface area contributed by atoms with E-state index in [-0.39, 0.29) is 5.91 Å². The van der Waals surface area contributed by atoms with E-state index >= 15 is 0 Å². The SMILES string of the molecule is COc1ccc(NC(=O)c2cc(NCc3cccnc3)ccn2)cc1Cl. The first kappa shape index (κ1) is 17.7. The Balaban J connectivity index is 1.67. The Hall–Kier alpha value is -3.12. The first-order valence-electron chi connectivity index (χ1n) is 7.89. The Morgan fingerprint density at radius 3 is 2.77 bits per heavy atom. The van der Waals surface area contributed by atoms with Crippen LogP contribution in [0.25, 0.3) is 0 Å². The summed E-state index contributed by atoms with van der Waals surface area (Å²) in [6.07, 6.45) is 5.10. The van der Waals surface area contributed by atoms with Crippen LogP contribution in [0.2, 0.25) is 5.02 Å². The van der Waals surface area contributed by atoms with Gasteiger partial charge in [-0.25, -0.2) is 0 Å². The molecule has 0 fully saturated rings. The molecular formula is C19H17ClN4O2. The maximum Gasteiger partial charge on any atom is 0.274 e. The molecule has 0 saturated carbocycles. The molecule has 0 radical (unpaired) electrons. The van der Waals surface area contributed by atoms with E-state index in [1.165, 1.54) is 7.11 Å². The summed E-state index contributed by atoms with van der Waals surface area (Å²) in [5.74, 6) is 0.223. The fraction of sp³-hybridized carbons (Fsp3) is 0.105. The van der Waals surface area contributed by atoms with Gasteiger partial charge in [0, 0.05) is 36.5 Å². The Labute approximate surface area is 156 Å². The summed E-state index contributed by atoms with van der Waals surface area (Å²) >= 11 is 6.08. The van der Waals surface area contributed by atoms with Crippen molar-refractivity contribution in [3.63, 3.8) is 0 Å². The van der Waals surface area contributed by atoms with Crippen LogP contribution < -0.4 is 15.4 Å². The predicted molar refractivity (Wildman–Crippen MR) is 102 cm³/mol. The fourth-order valence-corrected chi connectivity index (χ4v) is 2.57. The molecule has 1 aromatic carbocycles. The number of ether oxygens (including phenoxy) is 1. The van der Waals surface area contributed by atoms with E-state index in [1.54, 1.807) is 48.9 Å². The zero-order chi connectivity index (χ0) is 18.4. The second-order valence-corrected chi connectivity index (χ2v) is 5.86. The third-order valence-corrected chi connectivity index (χ3v) is 3.92. The molecule has 2 heterocycles. The van der Waals surface area contributed by atoms with Gasteiger partial charge in [0.25, 0.3) is 5.91 Å². The Kier molecular flexibility index (Phi) is 5.66. The lowest BCUT2D eigenvalue weighted by atomic mass is 10.2. The van der Waals surface area contributed by atoms with Crippen LogP contribution in [0.5, 0.6) is 5.75 Å². The summed E-state index contributed by atoms with van der Waals surface area (Å²) < 4.78 is 5.10. The number of methoxy groups -OCH3 is 1. The number of aromatic nitrogens is 2. The molecule has 3 aromatic rings. The first-order valence-corrected chi connectivity index (χ1v) is 8.27. The number of nitrogens with one attached hydrogen (secondary N) is 2. The topological polar surface area (TPSA) is 76.1 Å². The van der Waals surface area contributed by atoms with E-state index in [9.17, 15) is 4.79 Å². The molecule has 2 aromatic heterocycles. The standard InChI is InChI=1S/C19H17ClN4O2/c1-26-18-5-4-15(9-16(18)20)24-19(25)17-10-14(6-8-22-17)23-12-13-3-2-7-21-11-13/h2-11H,12H2,1H3,(H,22,23)(H,24,25). The lowest BCUT2D eigenvalue weighted by Crippen LogP contribution is -2.14. The number of halogens is 1. The molecule has 0 spiro atoms. The largest absolute Gasteiger partial charge is 0.495 e. The van der Waals surface area contributed by atoms with Crippen molar-refractivity contribution in [1.82, 2.24) is 9.97 Å². The van der Waals surface area contributed by atoms with Crippen molar-refractivity contribution >= 4 is 28.9 Å². The number of benzene rings is 1. The van der Waals surface area contributed by atoms with Gasteiger partial charge in [0.15, 0.2) is 0 Å². The van der Waals surface area contributed by atoms with E-state index < -0.39 is 0 Å². The summed E-state index contributed by atoms with van der Waals surface area (Å²) in [5.41, 5.74) is 2.70. The zero-order valence-electron chi connectivity index (χ0n) is 14.1. The minimum absolute atomic E-state index is 0.299. The minimum Gasteiger partial charge on any atom is -0.495 e. The third kappa shape index (κ3) is 4.49. The van der Waals surface area contributed by atoms with Crippen LogP contribution in [0.3, 0.4) is 0 Å². The fourth-order valence-electron chi connectivity index (χ4n) is 2.31. The van der Waals surface area contributed by atoms with Crippen molar-refractivity contribution < 1.29 is 9.53 Å². The molecule has 3 rings (SSSR count). The van der Waals surface area contributed by atoms with Crippen LogP contribution in [0.1, 0.15) is 16.1 Å². The van der Waals surface area contributed by atoms with Crippen molar-refractivity contribution in [2.24, 2.45) is 0 Å². The van der Waals surface area contributed by atoms with E-state index in [2.05, 4.69) is 20.6 Å². The van der Waals surface area contributed by atoms with E-state index in [0.717, 1.165) is 11.3 Å². The smallest absolute Gasteiger partial charge is 0.274 e. The highest BCUT2D eigenvalue weighted by molar-refractivity contribution is 6.32. The molecular weight excluding hydrogens is 352 g/mol. The van der Waals surface area contributed by atoms with Crippen LogP contribution in [0.15, 0.2) is 61.1 Å². The van der Waals surface area contributed by atoms with E-state index in [4.69, 9.17) is 16.3 Å². The Morgan fingerprint density at radius 1 is 1.15 bits per heavy atom. The number of nitrogens with zero attached hydrogens (tertiary/aromatic N) is 2. The van der Waals surface area contributed by atoms with Gasteiger partial charge in [-0.1, -0.05) is 17.7 Å². The highest BCUT2D eigenvalue weighted by Crippen LogP contribution is 2.27. The molecule has 0 bridgehead atoms. The molecule has 1 amide bonds. The van der Waals surface area contributed by atoms with Crippen LogP contribution in [0.4, 0.5) is 11.4 Å². The quantitative estimate of drug-likeness (QED) is 0.687. The van der Waals surface area contributed by atoms with Crippen molar-refractivity contribution in [2.75, 3.05) is 17.7 Å². The average molecular weight is 369 g/mol. The second kappa shape index (κ2) is 8.31. The zero-order valence-corrected chi connectivity index (χ0v) is 14.8. The summed E-state index contributed by atoms with van der Waals surface area (Å²) in [4.78, 5) is 20.6. The monoisotopic (exact) mass is 368 g/mol. The number of hydrogen-bond acceptors (Lipinski definition) is 5. The van der Waals surface area contributed by atoms with E-state index in [1.807, 2.05) is 12.1 Å². The molecule has 0 aliphatic carbocycles. The number of amides is 1. The highest BCUT2D eigenvalue weighted by atomic mass is 35.5. The van der Waals surface area contributed by atoms with Gasteiger partial charge in [0.1, 0.15) is 11.4 Å². The maximum absolute atomic E-state index is 12.4. The van der Waals surface area contributed by atoms with Gasteiger partial charge in [-0.05, 0) is 42.0 Å². The molecule has 7 heteroatoms. The van der Waals surface area contributed by atoms with Crippen LogP contribution in [0, 0.1) is 0 Å². The lowest BCUT2D eigenvalue weighted by molar-refractivity contribution is 0.102. The molecule has 0 saturated heterocycles. The minimum atomic E-state index is -0.323. The van der Waals surface area contributed by atoms with Gasteiger partial charge < -0.3 is 15.4 Å². The van der Waals surface area contributed by atoms with Gasteiger partial charge >= 0.3 is 0 Å². The molecule has 6 nitrogen and oxygen atoms in total. The predicted octanol–water partition coefficient (Wildman–Crippen LogP) is 4.00.